The van der Waals surface area contributed by atoms with E-state index in [1.807, 2.05) is 0 Å². The third-order valence-corrected chi connectivity index (χ3v) is 4.79. The van der Waals surface area contributed by atoms with Crippen LogP contribution in [0.4, 0.5) is 5.69 Å². The molecule has 1 aromatic rings. The SMILES string of the molecule is CCC(CO)(CO)NS(=O)(=O)c1ccc(N)cc1C(=O)O. The minimum absolute atomic E-state index is 0.109. The van der Waals surface area contributed by atoms with Crippen molar-refractivity contribution in [2.75, 3.05) is 18.9 Å². The van der Waals surface area contributed by atoms with Crippen LogP contribution in [0.1, 0.15) is 23.7 Å². The number of hydrogen-bond acceptors (Lipinski definition) is 6. The average molecular weight is 318 g/mol. The van der Waals surface area contributed by atoms with Crippen molar-refractivity contribution in [3.05, 3.63) is 23.8 Å². The number of nitrogens with one attached hydrogen (secondary N) is 1. The first-order valence-electron chi connectivity index (χ1n) is 6.10. The van der Waals surface area contributed by atoms with Crippen molar-refractivity contribution in [3.8, 4) is 0 Å². The number of aliphatic hydroxyl groups is 2. The van der Waals surface area contributed by atoms with Gasteiger partial charge in [0.15, 0.2) is 0 Å². The number of carboxylic acids is 1. The Morgan fingerprint density at radius 3 is 2.33 bits per heavy atom. The van der Waals surface area contributed by atoms with Gasteiger partial charge in [-0.3, -0.25) is 0 Å². The molecular weight excluding hydrogens is 300 g/mol. The van der Waals surface area contributed by atoms with Gasteiger partial charge in [-0.05, 0) is 24.6 Å². The highest BCUT2D eigenvalue weighted by Gasteiger charge is 2.34. The number of rotatable bonds is 7. The Hall–Kier alpha value is -1.68. The van der Waals surface area contributed by atoms with E-state index in [1.165, 1.54) is 6.07 Å². The van der Waals surface area contributed by atoms with E-state index in [4.69, 9.17) is 10.8 Å². The summed E-state index contributed by atoms with van der Waals surface area (Å²) in [6, 6.07) is 3.35. The molecule has 0 radical (unpaired) electrons. The molecule has 8 nitrogen and oxygen atoms in total. The van der Waals surface area contributed by atoms with E-state index in [-0.39, 0.29) is 12.1 Å². The van der Waals surface area contributed by atoms with Gasteiger partial charge in [0.25, 0.3) is 0 Å². The Morgan fingerprint density at radius 1 is 1.33 bits per heavy atom. The lowest BCUT2D eigenvalue weighted by atomic mass is 10.0. The van der Waals surface area contributed by atoms with Crippen LogP contribution in [0.25, 0.3) is 0 Å². The fraction of sp³-hybridized carbons (Fsp3) is 0.417. The van der Waals surface area contributed by atoms with E-state index in [1.54, 1.807) is 6.92 Å². The maximum Gasteiger partial charge on any atom is 0.337 e. The van der Waals surface area contributed by atoms with Crippen molar-refractivity contribution >= 4 is 21.7 Å². The van der Waals surface area contributed by atoms with Gasteiger partial charge in [0.2, 0.25) is 10.0 Å². The van der Waals surface area contributed by atoms with Gasteiger partial charge in [-0.15, -0.1) is 0 Å². The van der Waals surface area contributed by atoms with Gasteiger partial charge in [-0.1, -0.05) is 6.92 Å². The van der Waals surface area contributed by atoms with Crippen LogP contribution in [-0.4, -0.2) is 48.5 Å². The number of benzene rings is 1. The molecule has 0 saturated heterocycles. The number of carbonyl (C=O) groups is 1. The van der Waals surface area contributed by atoms with Gasteiger partial charge in [-0.2, -0.15) is 0 Å². The molecule has 0 bridgehead atoms. The molecule has 1 aromatic carbocycles. The molecule has 0 atom stereocenters. The first-order chi connectivity index (χ1) is 9.71. The first kappa shape index (κ1) is 17.4. The molecule has 6 N–H and O–H groups in total. The van der Waals surface area contributed by atoms with Crippen LogP contribution in [0.2, 0.25) is 0 Å². The van der Waals surface area contributed by atoms with Gasteiger partial charge in [0.05, 0.1) is 29.2 Å². The number of aliphatic hydroxyl groups excluding tert-OH is 2. The number of nitrogens with two attached hydrogens (primary N) is 1. The number of anilines is 1. The second kappa shape index (κ2) is 6.39. The molecule has 0 unspecified atom stereocenters. The van der Waals surface area contributed by atoms with Crippen LogP contribution >= 0.6 is 0 Å². The summed E-state index contributed by atoms with van der Waals surface area (Å²) >= 11 is 0. The Kier molecular flexibility index (Phi) is 5.29. The molecule has 9 heteroatoms. The van der Waals surface area contributed by atoms with Crippen LogP contribution in [0.5, 0.6) is 0 Å². The zero-order chi connectivity index (χ0) is 16.3. The zero-order valence-corrected chi connectivity index (χ0v) is 12.2. The van der Waals surface area contributed by atoms with Crippen molar-refractivity contribution in [1.29, 1.82) is 0 Å². The number of hydrogen-bond donors (Lipinski definition) is 5. The van der Waals surface area contributed by atoms with Crippen molar-refractivity contribution < 1.29 is 28.5 Å². The van der Waals surface area contributed by atoms with Gasteiger partial charge >= 0.3 is 5.97 Å². The van der Waals surface area contributed by atoms with E-state index in [2.05, 4.69) is 4.72 Å². The lowest BCUT2D eigenvalue weighted by Gasteiger charge is -2.29. The molecular formula is C12H18N2O6S. The van der Waals surface area contributed by atoms with Crippen molar-refractivity contribution in [2.45, 2.75) is 23.8 Å². The highest BCUT2D eigenvalue weighted by atomic mass is 32.2. The van der Waals surface area contributed by atoms with Gasteiger partial charge < -0.3 is 21.1 Å². The third kappa shape index (κ3) is 3.70. The topological polar surface area (TPSA) is 150 Å². The van der Waals surface area contributed by atoms with Crippen LogP contribution in [0.15, 0.2) is 23.1 Å². The predicted molar refractivity (Wildman–Crippen MR) is 75.3 cm³/mol. The van der Waals surface area contributed by atoms with E-state index in [0.717, 1.165) is 12.1 Å². The lowest BCUT2D eigenvalue weighted by molar-refractivity contribution is 0.0692. The van der Waals surface area contributed by atoms with Crippen LogP contribution in [-0.2, 0) is 10.0 Å². The highest BCUT2D eigenvalue weighted by molar-refractivity contribution is 7.89. The molecule has 0 aromatic heterocycles. The maximum atomic E-state index is 12.3. The first-order valence-corrected chi connectivity index (χ1v) is 7.58. The lowest BCUT2D eigenvalue weighted by Crippen LogP contribution is -2.53. The van der Waals surface area contributed by atoms with Crippen LogP contribution in [0.3, 0.4) is 0 Å². The van der Waals surface area contributed by atoms with Crippen LogP contribution < -0.4 is 10.5 Å². The summed E-state index contributed by atoms with van der Waals surface area (Å²) in [5, 5.41) is 27.6. The number of aromatic carboxylic acids is 1. The normalized spacial score (nSPS) is 12.3. The molecule has 0 aliphatic heterocycles. The quantitative estimate of drug-likeness (QED) is 0.420. The fourth-order valence-electron chi connectivity index (χ4n) is 1.70. The number of sulfonamides is 1. The van der Waals surface area contributed by atoms with Crippen molar-refractivity contribution in [3.63, 3.8) is 0 Å². The summed E-state index contributed by atoms with van der Waals surface area (Å²) < 4.78 is 26.8. The second-order valence-corrected chi connectivity index (χ2v) is 6.27. The van der Waals surface area contributed by atoms with E-state index in [0.29, 0.717) is 0 Å². The van der Waals surface area contributed by atoms with Gasteiger partial charge in [-0.25, -0.2) is 17.9 Å². The van der Waals surface area contributed by atoms with Gasteiger partial charge in [0, 0.05) is 5.69 Å². The molecule has 0 fully saturated rings. The Bertz CT molecular complexity index is 616. The third-order valence-electron chi connectivity index (χ3n) is 3.16. The summed E-state index contributed by atoms with van der Waals surface area (Å²) in [5.41, 5.74) is 3.62. The summed E-state index contributed by atoms with van der Waals surface area (Å²) in [7, 11) is -4.25. The van der Waals surface area contributed by atoms with Crippen LogP contribution in [0, 0.1) is 0 Å². The highest BCUT2D eigenvalue weighted by Crippen LogP contribution is 2.21. The molecule has 0 spiro atoms. The van der Waals surface area contributed by atoms with E-state index < -0.39 is 45.2 Å². The van der Waals surface area contributed by atoms with Gasteiger partial charge in [0.1, 0.15) is 0 Å². The Morgan fingerprint density at radius 2 is 1.90 bits per heavy atom. The van der Waals surface area contributed by atoms with Crippen molar-refractivity contribution in [2.24, 2.45) is 0 Å². The Labute approximate surface area is 122 Å². The maximum absolute atomic E-state index is 12.3. The molecule has 21 heavy (non-hydrogen) atoms. The smallest absolute Gasteiger partial charge is 0.337 e. The second-order valence-electron chi connectivity index (χ2n) is 4.62. The molecule has 118 valence electrons. The predicted octanol–water partition coefficient (Wildman–Crippen LogP) is -0.621. The summed E-state index contributed by atoms with van der Waals surface area (Å²) in [4.78, 5) is 10.7. The number of carboxylic acid groups (broad SMARTS) is 1. The average Bonchev–Trinajstić information content (AvgIpc) is 2.44. The molecule has 0 aliphatic carbocycles. The molecule has 0 saturated carbocycles. The Balaban J connectivity index is 3.35. The van der Waals surface area contributed by atoms with Crippen molar-refractivity contribution in [1.82, 2.24) is 4.72 Å². The molecule has 0 heterocycles. The number of nitrogen functional groups attached to an aromatic ring is 1. The standard InChI is InChI=1S/C12H18N2O6S/c1-2-12(6-15,7-16)14-21(19,20)10-4-3-8(13)5-9(10)11(17)18/h3-5,14-16H,2,6-7,13H2,1H3,(H,17,18). The minimum Gasteiger partial charge on any atom is -0.478 e. The summed E-state index contributed by atoms with van der Waals surface area (Å²) in [6.45, 7) is 0.323. The minimum atomic E-state index is -4.25. The fourth-order valence-corrected chi connectivity index (χ4v) is 3.34. The molecule has 0 aliphatic rings. The molecule has 0 amide bonds. The largest absolute Gasteiger partial charge is 0.478 e. The van der Waals surface area contributed by atoms with E-state index >= 15 is 0 Å². The monoisotopic (exact) mass is 318 g/mol. The molecule has 1 rings (SSSR count). The summed E-state index contributed by atoms with van der Waals surface area (Å²) in [5.74, 6) is -1.45. The van der Waals surface area contributed by atoms with E-state index in [9.17, 15) is 23.4 Å². The summed E-state index contributed by atoms with van der Waals surface area (Å²) in [6.07, 6.45) is 0.122. The zero-order valence-electron chi connectivity index (χ0n) is 11.4.